The minimum absolute atomic E-state index is 0.217. The van der Waals surface area contributed by atoms with Crippen LogP contribution in [0.25, 0.3) is 0 Å². The number of urea groups is 1. The monoisotopic (exact) mass is 548 g/mol. The van der Waals surface area contributed by atoms with Crippen molar-refractivity contribution in [2.45, 2.75) is 12.5 Å². The zero-order valence-corrected chi connectivity index (χ0v) is 21.0. The number of hydrogen-bond donors (Lipinski definition) is 5. The molecule has 0 bridgehead atoms. The molecule has 0 aliphatic carbocycles. The summed E-state index contributed by atoms with van der Waals surface area (Å²) in [6.07, 6.45) is 0. The average molecular weight is 549 g/mol. The third kappa shape index (κ3) is 8.26. The van der Waals surface area contributed by atoms with Gasteiger partial charge in [0.2, 0.25) is 5.91 Å². The van der Waals surface area contributed by atoms with E-state index in [4.69, 9.17) is 23.2 Å². The molecule has 9 nitrogen and oxygen atoms in total. The molecular weight excluding hydrogens is 527 g/mol. The van der Waals surface area contributed by atoms with Crippen molar-refractivity contribution in [1.29, 1.82) is 0 Å². The Hall–Kier alpha value is -3.60. The molecule has 0 aliphatic heterocycles. The second-order valence-electron chi connectivity index (χ2n) is 7.57. The molecule has 0 saturated heterocycles. The van der Waals surface area contributed by atoms with Gasteiger partial charge in [0.15, 0.2) is 0 Å². The highest BCUT2D eigenvalue weighted by Gasteiger charge is 2.22. The summed E-state index contributed by atoms with van der Waals surface area (Å²) in [5, 5.41) is 22.4. The Balaban J connectivity index is 1.44. The fourth-order valence-electron chi connectivity index (χ4n) is 3.12. The second-order valence-corrected chi connectivity index (χ2v) is 9.36. The van der Waals surface area contributed by atoms with E-state index < -0.39 is 29.7 Å². The number of anilines is 1. The van der Waals surface area contributed by atoms with E-state index in [1.807, 2.05) is 30.3 Å². The standard InChI is InChI=1S/C24H22Cl2N4O5S/c25-17-6-15(7-18(26)9-17)19(23(33)34)11-27-20(31)12-28-22(32)16-8-21(36-13-16)30-24(35)29-10-14-4-2-1-3-5-14/h1-9,13,19H,10-12H2,(H,27,31)(H,28,32)(H,33,34)(H2,29,30,35). The molecule has 0 fully saturated rings. The number of carbonyl (C=O) groups is 4. The lowest BCUT2D eigenvalue weighted by molar-refractivity contribution is -0.138. The van der Waals surface area contributed by atoms with Gasteiger partial charge in [-0.15, -0.1) is 11.3 Å². The van der Waals surface area contributed by atoms with Gasteiger partial charge < -0.3 is 21.1 Å². The van der Waals surface area contributed by atoms with Crippen molar-refractivity contribution < 1.29 is 24.3 Å². The number of benzene rings is 2. The highest BCUT2D eigenvalue weighted by Crippen LogP contribution is 2.25. The summed E-state index contributed by atoms with van der Waals surface area (Å²) in [5.74, 6) is -3.32. The first-order chi connectivity index (χ1) is 17.2. The van der Waals surface area contributed by atoms with E-state index in [0.29, 0.717) is 17.1 Å². The maximum absolute atomic E-state index is 12.4. The van der Waals surface area contributed by atoms with Gasteiger partial charge in [-0.25, -0.2) is 4.79 Å². The molecule has 188 valence electrons. The third-order valence-electron chi connectivity index (χ3n) is 4.89. The van der Waals surface area contributed by atoms with E-state index in [-0.39, 0.29) is 28.7 Å². The Bertz CT molecular complexity index is 1230. The lowest BCUT2D eigenvalue weighted by atomic mass is 9.99. The lowest BCUT2D eigenvalue weighted by Crippen LogP contribution is -2.39. The van der Waals surface area contributed by atoms with Crippen molar-refractivity contribution in [3.8, 4) is 0 Å². The molecule has 3 rings (SSSR count). The Morgan fingerprint density at radius 2 is 1.61 bits per heavy atom. The first-order valence-electron chi connectivity index (χ1n) is 10.6. The topological polar surface area (TPSA) is 137 Å². The van der Waals surface area contributed by atoms with Crippen LogP contribution in [0.4, 0.5) is 9.80 Å². The van der Waals surface area contributed by atoms with Crippen LogP contribution in [0.15, 0.2) is 60.0 Å². The largest absolute Gasteiger partial charge is 0.481 e. The van der Waals surface area contributed by atoms with Crippen molar-refractivity contribution in [2.75, 3.05) is 18.4 Å². The SMILES string of the molecule is O=C(CNC(=O)c1csc(NC(=O)NCc2ccccc2)c1)NCC(C(=O)O)c1cc(Cl)cc(Cl)c1. The molecule has 1 aromatic heterocycles. The highest BCUT2D eigenvalue weighted by molar-refractivity contribution is 7.14. The quantitative estimate of drug-likeness (QED) is 0.260. The minimum atomic E-state index is -1.16. The summed E-state index contributed by atoms with van der Waals surface area (Å²) in [6, 6.07) is 14.9. The summed E-state index contributed by atoms with van der Waals surface area (Å²) in [5.41, 5.74) is 1.56. The zero-order valence-electron chi connectivity index (χ0n) is 18.7. The molecule has 12 heteroatoms. The minimum Gasteiger partial charge on any atom is -0.481 e. The predicted molar refractivity (Wildman–Crippen MR) is 139 cm³/mol. The molecule has 0 saturated carbocycles. The van der Waals surface area contributed by atoms with Crippen LogP contribution in [0, 0.1) is 0 Å². The normalized spacial score (nSPS) is 11.3. The summed E-state index contributed by atoms with van der Waals surface area (Å²) in [4.78, 5) is 48.2. The number of aliphatic carboxylic acids is 1. The second kappa shape index (κ2) is 12.9. The Kier molecular flexibility index (Phi) is 9.69. The fourth-order valence-corrected chi connectivity index (χ4v) is 4.44. The van der Waals surface area contributed by atoms with Crippen molar-refractivity contribution >= 4 is 63.4 Å². The number of carboxylic acid groups (broad SMARTS) is 1. The molecule has 1 atom stereocenters. The molecule has 0 spiro atoms. The first kappa shape index (κ1) is 27.0. The van der Waals surface area contributed by atoms with Crippen molar-refractivity contribution in [3.05, 3.63) is 86.7 Å². The maximum Gasteiger partial charge on any atom is 0.320 e. The molecule has 1 heterocycles. The van der Waals surface area contributed by atoms with Gasteiger partial charge in [-0.05, 0) is 35.4 Å². The fraction of sp³-hybridized carbons (Fsp3) is 0.167. The van der Waals surface area contributed by atoms with Gasteiger partial charge in [0, 0.05) is 28.5 Å². The molecule has 0 radical (unpaired) electrons. The number of amides is 4. The van der Waals surface area contributed by atoms with Gasteiger partial charge in [-0.2, -0.15) is 0 Å². The predicted octanol–water partition coefficient (Wildman–Crippen LogP) is 4.09. The number of hydrogen-bond acceptors (Lipinski definition) is 5. The van der Waals surface area contributed by atoms with Crippen molar-refractivity contribution in [3.63, 3.8) is 0 Å². The van der Waals surface area contributed by atoms with Gasteiger partial charge in [0.25, 0.3) is 5.91 Å². The summed E-state index contributed by atoms with van der Waals surface area (Å²) in [7, 11) is 0. The Labute approximate surface area is 220 Å². The third-order valence-corrected chi connectivity index (χ3v) is 6.17. The number of halogens is 2. The van der Waals surface area contributed by atoms with Crippen LogP contribution in [0.3, 0.4) is 0 Å². The van der Waals surface area contributed by atoms with Crippen LogP contribution < -0.4 is 21.3 Å². The Morgan fingerprint density at radius 3 is 2.28 bits per heavy atom. The van der Waals surface area contributed by atoms with Crippen LogP contribution in [-0.2, 0) is 16.1 Å². The van der Waals surface area contributed by atoms with Gasteiger partial charge in [0.05, 0.1) is 23.0 Å². The van der Waals surface area contributed by atoms with E-state index in [1.165, 1.54) is 24.3 Å². The molecule has 2 aromatic carbocycles. The summed E-state index contributed by atoms with van der Waals surface area (Å²) < 4.78 is 0. The molecular formula is C24H22Cl2N4O5S. The zero-order chi connectivity index (χ0) is 26.1. The van der Waals surface area contributed by atoms with E-state index in [9.17, 15) is 24.3 Å². The van der Waals surface area contributed by atoms with E-state index in [0.717, 1.165) is 16.9 Å². The van der Waals surface area contributed by atoms with Crippen LogP contribution in [0.1, 0.15) is 27.4 Å². The maximum atomic E-state index is 12.4. The van der Waals surface area contributed by atoms with Crippen molar-refractivity contribution in [2.24, 2.45) is 0 Å². The molecule has 0 aliphatic rings. The lowest BCUT2D eigenvalue weighted by Gasteiger charge is -2.15. The van der Waals surface area contributed by atoms with Crippen LogP contribution in [0.5, 0.6) is 0 Å². The van der Waals surface area contributed by atoms with Gasteiger partial charge in [-0.3, -0.25) is 19.7 Å². The van der Waals surface area contributed by atoms with Gasteiger partial charge >= 0.3 is 12.0 Å². The smallest absolute Gasteiger partial charge is 0.320 e. The highest BCUT2D eigenvalue weighted by atomic mass is 35.5. The number of rotatable bonds is 10. The first-order valence-corrected chi connectivity index (χ1v) is 12.3. The number of thiophene rings is 1. The summed E-state index contributed by atoms with van der Waals surface area (Å²) in [6.45, 7) is -0.226. The molecule has 5 N–H and O–H groups in total. The van der Waals surface area contributed by atoms with E-state index in [1.54, 1.807) is 5.38 Å². The number of nitrogens with one attached hydrogen (secondary N) is 4. The van der Waals surface area contributed by atoms with Gasteiger partial charge in [-0.1, -0.05) is 53.5 Å². The van der Waals surface area contributed by atoms with E-state index in [2.05, 4.69) is 21.3 Å². The number of carbonyl (C=O) groups excluding carboxylic acids is 3. The molecule has 36 heavy (non-hydrogen) atoms. The number of carboxylic acids is 1. The Morgan fingerprint density at radius 1 is 0.917 bits per heavy atom. The van der Waals surface area contributed by atoms with Crippen molar-refractivity contribution in [1.82, 2.24) is 16.0 Å². The van der Waals surface area contributed by atoms with Crippen LogP contribution >= 0.6 is 34.5 Å². The van der Waals surface area contributed by atoms with E-state index >= 15 is 0 Å². The van der Waals surface area contributed by atoms with Crippen LogP contribution in [0.2, 0.25) is 10.0 Å². The van der Waals surface area contributed by atoms with Gasteiger partial charge in [0.1, 0.15) is 0 Å². The molecule has 1 unspecified atom stereocenters. The molecule has 3 aromatic rings. The molecule has 4 amide bonds. The van der Waals surface area contributed by atoms with Crippen LogP contribution in [-0.4, -0.2) is 42.0 Å². The average Bonchev–Trinajstić information content (AvgIpc) is 3.29. The summed E-state index contributed by atoms with van der Waals surface area (Å²) >= 11 is 13.0.